The number of carbonyl (C=O) groups excluding carboxylic acids is 4. The Morgan fingerprint density at radius 3 is 2.38 bits per heavy atom. The number of likely N-dealkylation sites (tertiary alicyclic amines) is 1. The molecule has 2 aliphatic heterocycles. The number of fused-ring (bicyclic) bond motifs is 1. The van der Waals surface area contributed by atoms with Crippen LogP contribution in [-0.2, 0) is 19.2 Å². The summed E-state index contributed by atoms with van der Waals surface area (Å²) < 4.78 is 0. The van der Waals surface area contributed by atoms with Crippen LogP contribution in [-0.4, -0.2) is 34.6 Å². The second kappa shape index (κ2) is 9.15. The lowest BCUT2D eigenvalue weighted by atomic mass is 9.94. The summed E-state index contributed by atoms with van der Waals surface area (Å²) in [4.78, 5) is 48.4. The lowest BCUT2D eigenvalue weighted by Gasteiger charge is -2.27. The molecule has 2 fully saturated rings. The number of amides is 4. The van der Waals surface area contributed by atoms with Crippen LogP contribution in [0.25, 0.3) is 0 Å². The van der Waals surface area contributed by atoms with Gasteiger partial charge in [0.2, 0.25) is 17.7 Å². The third kappa shape index (κ3) is 3.99. The first kappa shape index (κ1) is 19.8. The maximum atomic E-state index is 12.2. The van der Waals surface area contributed by atoms with Gasteiger partial charge in [0.15, 0.2) is 0 Å². The topological polar surface area (TPSA) is 83.6 Å². The van der Waals surface area contributed by atoms with E-state index in [1.165, 1.54) is 6.42 Å². The number of hydrogen-bond acceptors (Lipinski definition) is 4. The van der Waals surface area contributed by atoms with Crippen LogP contribution in [0.1, 0.15) is 54.8 Å². The predicted molar refractivity (Wildman–Crippen MR) is 92.8 cm³/mol. The third-order valence-corrected chi connectivity index (χ3v) is 3.68. The van der Waals surface area contributed by atoms with Gasteiger partial charge in [-0.1, -0.05) is 52.3 Å². The molecule has 0 spiro atoms. The molecule has 0 aromatic rings. The number of imide groups is 2. The number of nitrogens with zero attached hydrogens (tertiary/aromatic N) is 1. The Balaban J connectivity index is 0.000000872. The normalized spacial score (nSPS) is 25.0. The fourth-order valence-electron chi connectivity index (χ4n) is 2.71. The smallest absolute Gasteiger partial charge is 0.257 e. The van der Waals surface area contributed by atoms with Crippen molar-refractivity contribution >= 4 is 23.6 Å². The van der Waals surface area contributed by atoms with Gasteiger partial charge in [0.05, 0.1) is 5.92 Å². The highest BCUT2D eigenvalue weighted by atomic mass is 16.2. The summed E-state index contributed by atoms with van der Waals surface area (Å²) in [6.07, 6.45) is 7.28. The zero-order valence-electron chi connectivity index (χ0n) is 14.8. The van der Waals surface area contributed by atoms with Crippen LogP contribution in [0.3, 0.4) is 0 Å². The van der Waals surface area contributed by atoms with Gasteiger partial charge in [-0.3, -0.25) is 29.4 Å². The molecule has 1 N–H and O–H groups in total. The van der Waals surface area contributed by atoms with E-state index in [2.05, 4.69) is 19.2 Å². The monoisotopic (exact) mass is 336 g/mol. The lowest BCUT2D eigenvalue weighted by Crippen LogP contribution is -2.54. The molecule has 6 nitrogen and oxygen atoms in total. The van der Waals surface area contributed by atoms with Crippen molar-refractivity contribution < 1.29 is 20.6 Å². The molecule has 1 aliphatic carbocycles. The van der Waals surface area contributed by atoms with Crippen LogP contribution in [0.2, 0.25) is 0 Å². The number of allylic oxidation sites excluding steroid dienone is 3. The van der Waals surface area contributed by atoms with Crippen molar-refractivity contribution in [2.45, 2.75) is 59.4 Å². The summed E-state index contributed by atoms with van der Waals surface area (Å²) in [6, 6.07) is -0.857. The molecular weight excluding hydrogens is 308 g/mol. The first-order valence-electron chi connectivity index (χ1n) is 8.59. The molecule has 6 heteroatoms. The summed E-state index contributed by atoms with van der Waals surface area (Å²) >= 11 is 0. The van der Waals surface area contributed by atoms with Gasteiger partial charge in [0, 0.05) is 13.4 Å². The van der Waals surface area contributed by atoms with Crippen molar-refractivity contribution in [1.29, 1.82) is 0 Å². The molecule has 24 heavy (non-hydrogen) atoms. The number of piperidine rings is 1. The van der Waals surface area contributed by atoms with Gasteiger partial charge in [-0.25, -0.2) is 0 Å². The summed E-state index contributed by atoms with van der Waals surface area (Å²) in [5, 5.41) is 2.17. The van der Waals surface area contributed by atoms with E-state index in [4.69, 9.17) is 0 Å². The van der Waals surface area contributed by atoms with Gasteiger partial charge in [-0.15, -0.1) is 0 Å². The van der Waals surface area contributed by atoms with Crippen LogP contribution < -0.4 is 5.32 Å². The average molecular weight is 336 g/mol. The molecule has 3 rings (SSSR count). The largest absolute Gasteiger partial charge is 0.295 e. The van der Waals surface area contributed by atoms with Crippen molar-refractivity contribution in [2.75, 3.05) is 0 Å². The first-order valence-corrected chi connectivity index (χ1v) is 8.59. The van der Waals surface area contributed by atoms with Gasteiger partial charge >= 0.3 is 0 Å². The summed E-state index contributed by atoms with van der Waals surface area (Å²) in [5.74, 6) is -2.14. The van der Waals surface area contributed by atoms with Gasteiger partial charge in [0.1, 0.15) is 6.04 Å². The highest BCUT2D eigenvalue weighted by Gasteiger charge is 2.48. The van der Waals surface area contributed by atoms with Crippen LogP contribution in [0.15, 0.2) is 23.8 Å². The Morgan fingerprint density at radius 2 is 1.83 bits per heavy atom. The van der Waals surface area contributed by atoms with Crippen molar-refractivity contribution in [1.82, 2.24) is 10.2 Å². The molecule has 4 amide bonds. The van der Waals surface area contributed by atoms with Crippen LogP contribution >= 0.6 is 0 Å². The standard InChI is InChI=1S/C13H12N2O4.C3H8.C2H6.H2/c16-10-6-5-9(11(17)14-10)15-12(18)7-3-1-2-4-8(7)13(15)19;1-3-2;1-2;/h1-3,8-9H,4-6H2,(H,14,16,17);3H2,1-2H3;1-2H3;1H. The minimum atomic E-state index is -0.857. The van der Waals surface area contributed by atoms with Crippen LogP contribution in [0.5, 0.6) is 0 Å². The highest BCUT2D eigenvalue weighted by molar-refractivity contribution is 6.18. The minimum Gasteiger partial charge on any atom is -0.295 e. The zero-order chi connectivity index (χ0) is 18.3. The minimum absolute atomic E-state index is 0. The van der Waals surface area contributed by atoms with E-state index in [0.29, 0.717) is 12.0 Å². The number of rotatable bonds is 1. The van der Waals surface area contributed by atoms with Crippen molar-refractivity contribution in [3.8, 4) is 0 Å². The van der Waals surface area contributed by atoms with E-state index in [9.17, 15) is 19.2 Å². The molecule has 2 unspecified atom stereocenters. The molecular formula is C18H28N2O4. The van der Waals surface area contributed by atoms with Crippen LogP contribution in [0.4, 0.5) is 0 Å². The summed E-state index contributed by atoms with van der Waals surface area (Å²) in [5.41, 5.74) is 0.442. The van der Waals surface area contributed by atoms with E-state index in [0.717, 1.165) is 4.90 Å². The van der Waals surface area contributed by atoms with Gasteiger partial charge in [-0.05, 0) is 12.8 Å². The predicted octanol–water partition coefficient (Wildman–Crippen LogP) is 2.35. The Morgan fingerprint density at radius 1 is 1.21 bits per heavy atom. The number of hydrogen-bond donors (Lipinski definition) is 1. The fourth-order valence-corrected chi connectivity index (χ4v) is 2.71. The Bertz CT molecular complexity index is 584. The molecule has 134 valence electrons. The molecule has 0 radical (unpaired) electrons. The van der Waals surface area contributed by atoms with Gasteiger partial charge < -0.3 is 0 Å². The molecule has 2 atom stereocenters. The summed E-state index contributed by atoms with van der Waals surface area (Å²) in [7, 11) is 0. The number of carbonyl (C=O) groups is 4. The Labute approximate surface area is 144 Å². The Hall–Kier alpha value is -2.24. The molecule has 0 saturated carbocycles. The molecule has 0 bridgehead atoms. The van der Waals surface area contributed by atoms with E-state index in [1.807, 2.05) is 19.9 Å². The quantitative estimate of drug-likeness (QED) is 0.745. The molecule has 2 saturated heterocycles. The van der Waals surface area contributed by atoms with Gasteiger partial charge in [-0.2, -0.15) is 0 Å². The molecule has 0 aromatic carbocycles. The highest BCUT2D eigenvalue weighted by Crippen LogP contribution is 2.33. The maximum absolute atomic E-state index is 12.2. The van der Waals surface area contributed by atoms with E-state index in [1.54, 1.807) is 12.2 Å². The van der Waals surface area contributed by atoms with Crippen LogP contribution in [0, 0.1) is 5.92 Å². The first-order chi connectivity index (χ1) is 11.5. The third-order valence-electron chi connectivity index (χ3n) is 3.68. The summed E-state index contributed by atoms with van der Waals surface area (Å²) in [6.45, 7) is 8.25. The van der Waals surface area contributed by atoms with Crippen molar-refractivity contribution in [3.63, 3.8) is 0 Å². The average Bonchev–Trinajstić information content (AvgIpc) is 2.83. The van der Waals surface area contributed by atoms with E-state index < -0.39 is 23.8 Å². The molecule has 0 aromatic heterocycles. The van der Waals surface area contributed by atoms with Gasteiger partial charge in [0.25, 0.3) is 5.91 Å². The second-order valence-electron chi connectivity index (χ2n) is 5.53. The Kier molecular flexibility index (Phi) is 7.55. The lowest BCUT2D eigenvalue weighted by molar-refractivity contribution is -0.150. The fraction of sp³-hybridized carbons (Fsp3) is 0.556. The molecule has 3 aliphatic rings. The molecule has 2 heterocycles. The van der Waals surface area contributed by atoms with E-state index in [-0.39, 0.29) is 26.1 Å². The maximum Gasteiger partial charge on any atom is 0.257 e. The van der Waals surface area contributed by atoms with E-state index >= 15 is 0 Å². The van der Waals surface area contributed by atoms with Crippen molar-refractivity contribution in [2.24, 2.45) is 5.92 Å². The zero-order valence-corrected chi connectivity index (χ0v) is 14.8. The SMILES string of the molecule is CC.CCC.O=C1CCC(N2C(=O)C3=CC=CCC3C2=O)C(=O)N1.[HH]. The second-order valence-corrected chi connectivity index (χ2v) is 5.53. The number of nitrogens with one attached hydrogen (secondary N) is 1. The van der Waals surface area contributed by atoms with Crippen molar-refractivity contribution in [3.05, 3.63) is 23.8 Å².